The standard InChI is InChI=1S/C5H9O4P/c1-3(6)8-5(10)9-4(2)7/h5H,10H2,1-2H3. The van der Waals surface area contributed by atoms with Crippen LogP contribution >= 0.6 is 9.24 Å². The third-order valence-corrected chi connectivity index (χ3v) is 0.836. The van der Waals surface area contributed by atoms with Crippen LogP contribution in [0.1, 0.15) is 13.8 Å². The van der Waals surface area contributed by atoms with Crippen molar-refractivity contribution >= 4 is 21.2 Å². The highest BCUT2D eigenvalue weighted by atomic mass is 31.0. The number of hydrogen-bond donors (Lipinski definition) is 0. The summed E-state index contributed by atoms with van der Waals surface area (Å²) < 4.78 is 8.88. The van der Waals surface area contributed by atoms with Gasteiger partial charge in [-0.1, -0.05) is 0 Å². The van der Waals surface area contributed by atoms with Crippen molar-refractivity contribution in [3.8, 4) is 0 Å². The molecule has 0 aromatic heterocycles. The Morgan fingerprint density at radius 1 is 1.20 bits per heavy atom. The van der Waals surface area contributed by atoms with Crippen molar-refractivity contribution in [1.29, 1.82) is 0 Å². The SMILES string of the molecule is CC(=O)OC(P)OC(C)=O. The average Bonchev–Trinajstić information content (AvgIpc) is 1.58. The van der Waals surface area contributed by atoms with Gasteiger partial charge in [-0.3, -0.25) is 9.59 Å². The second-order valence-electron chi connectivity index (χ2n) is 1.59. The summed E-state index contributed by atoms with van der Waals surface area (Å²) in [6.45, 7) is 2.47. The first-order valence-electron chi connectivity index (χ1n) is 2.62. The molecular formula is C5H9O4P. The molecule has 0 saturated carbocycles. The smallest absolute Gasteiger partial charge is 0.305 e. The Bertz CT molecular complexity index is 129. The van der Waals surface area contributed by atoms with Crippen molar-refractivity contribution in [3.63, 3.8) is 0 Å². The molecule has 1 atom stereocenters. The highest BCUT2D eigenvalue weighted by Gasteiger charge is 2.06. The van der Waals surface area contributed by atoms with Gasteiger partial charge in [-0.15, -0.1) is 0 Å². The van der Waals surface area contributed by atoms with Crippen LogP contribution in [-0.4, -0.2) is 18.0 Å². The summed E-state index contributed by atoms with van der Waals surface area (Å²) in [5, 5.41) is 0. The topological polar surface area (TPSA) is 52.6 Å². The molecule has 0 amide bonds. The zero-order valence-electron chi connectivity index (χ0n) is 5.79. The molecule has 0 saturated heterocycles. The van der Waals surface area contributed by atoms with E-state index in [4.69, 9.17) is 0 Å². The van der Waals surface area contributed by atoms with E-state index in [1.807, 2.05) is 0 Å². The fraction of sp³-hybridized carbons (Fsp3) is 0.600. The molecule has 5 heteroatoms. The molecule has 0 aromatic rings. The van der Waals surface area contributed by atoms with Crippen LogP contribution < -0.4 is 0 Å². The van der Waals surface area contributed by atoms with Crippen molar-refractivity contribution in [2.24, 2.45) is 0 Å². The molecule has 0 spiro atoms. The quantitative estimate of drug-likeness (QED) is 0.334. The van der Waals surface area contributed by atoms with E-state index in [1.54, 1.807) is 0 Å². The minimum Gasteiger partial charge on any atom is -0.422 e. The molecule has 1 unspecified atom stereocenters. The molecule has 10 heavy (non-hydrogen) atoms. The number of carbonyl (C=O) groups excluding carboxylic acids is 2. The fourth-order valence-electron chi connectivity index (χ4n) is 0.351. The first kappa shape index (κ1) is 9.37. The number of carbonyl (C=O) groups is 2. The van der Waals surface area contributed by atoms with E-state index in [1.165, 1.54) is 13.8 Å². The van der Waals surface area contributed by atoms with Crippen LogP contribution in [0.25, 0.3) is 0 Å². The van der Waals surface area contributed by atoms with E-state index in [0.29, 0.717) is 0 Å². The lowest BCUT2D eigenvalue weighted by molar-refractivity contribution is -0.169. The van der Waals surface area contributed by atoms with E-state index >= 15 is 0 Å². The van der Waals surface area contributed by atoms with Gasteiger partial charge in [0.05, 0.1) is 0 Å². The van der Waals surface area contributed by atoms with Crippen LogP contribution in [0.2, 0.25) is 0 Å². The molecular weight excluding hydrogens is 155 g/mol. The zero-order valence-corrected chi connectivity index (χ0v) is 6.94. The summed E-state index contributed by atoms with van der Waals surface area (Å²) in [6, 6.07) is -0.866. The molecule has 0 N–H and O–H groups in total. The fourth-order valence-corrected chi connectivity index (χ4v) is 0.734. The summed E-state index contributed by atoms with van der Waals surface area (Å²) in [4.78, 5) is 20.4. The van der Waals surface area contributed by atoms with Gasteiger partial charge in [-0.25, -0.2) is 0 Å². The normalized spacial score (nSPS) is 9.20. The van der Waals surface area contributed by atoms with E-state index in [0.717, 1.165) is 0 Å². The predicted molar refractivity (Wildman–Crippen MR) is 37.0 cm³/mol. The molecule has 0 bridgehead atoms. The maximum Gasteiger partial charge on any atom is 0.305 e. The predicted octanol–water partition coefficient (Wildman–Crippen LogP) is 0.271. The van der Waals surface area contributed by atoms with Crippen LogP contribution in [0.3, 0.4) is 0 Å². The van der Waals surface area contributed by atoms with Gasteiger partial charge >= 0.3 is 11.9 Å². The summed E-state index contributed by atoms with van der Waals surface area (Å²) >= 11 is 0. The number of rotatable bonds is 2. The van der Waals surface area contributed by atoms with Crippen LogP contribution in [0.4, 0.5) is 0 Å². The van der Waals surface area contributed by atoms with Crippen molar-refractivity contribution in [2.45, 2.75) is 19.9 Å². The van der Waals surface area contributed by atoms with Gasteiger partial charge in [0.1, 0.15) is 0 Å². The first-order chi connectivity index (χ1) is 4.52. The summed E-state index contributed by atoms with van der Waals surface area (Å²) in [5.41, 5.74) is 0. The van der Waals surface area contributed by atoms with Crippen LogP contribution in [-0.2, 0) is 19.1 Å². The Balaban J connectivity index is 3.53. The molecule has 0 aliphatic heterocycles. The second-order valence-corrected chi connectivity index (χ2v) is 2.13. The highest BCUT2D eigenvalue weighted by molar-refractivity contribution is 7.17. The average molecular weight is 164 g/mol. The molecule has 4 nitrogen and oxygen atoms in total. The number of hydrogen-bond acceptors (Lipinski definition) is 4. The molecule has 0 radical (unpaired) electrons. The van der Waals surface area contributed by atoms with Crippen molar-refractivity contribution < 1.29 is 19.1 Å². The molecule has 0 rings (SSSR count). The monoisotopic (exact) mass is 164 g/mol. The molecule has 0 heterocycles. The third-order valence-electron chi connectivity index (χ3n) is 0.564. The lowest BCUT2D eigenvalue weighted by Gasteiger charge is -2.09. The Labute approximate surface area is 61.1 Å². The zero-order chi connectivity index (χ0) is 8.15. The van der Waals surface area contributed by atoms with E-state index < -0.39 is 18.0 Å². The van der Waals surface area contributed by atoms with E-state index in [9.17, 15) is 9.59 Å². The molecule has 0 aromatic carbocycles. The van der Waals surface area contributed by atoms with Crippen molar-refractivity contribution in [1.82, 2.24) is 0 Å². The largest absolute Gasteiger partial charge is 0.422 e. The van der Waals surface area contributed by atoms with Gasteiger partial charge in [-0.05, 0) is 9.24 Å². The van der Waals surface area contributed by atoms with Gasteiger partial charge in [0.2, 0.25) is 0 Å². The first-order valence-corrected chi connectivity index (χ1v) is 3.29. The lowest BCUT2D eigenvalue weighted by Crippen LogP contribution is -2.15. The second kappa shape index (κ2) is 4.23. The van der Waals surface area contributed by atoms with E-state index in [2.05, 4.69) is 18.7 Å². The molecule has 0 aliphatic carbocycles. The Kier molecular flexibility index (Phi) is 3.96. The van der Waals surface area contributed by atoms with Gasteiger partial charge in [0.15, 0.2) is 0 Å². The molecule has 0 fully saturated rings. The Hall–Kier alpha value is -0.630. The van der Waals surface area contributed by atoms with Crippen molar-refractivity contribution in [3.05, 3.63) is 0 Å². The Morgan fingerprint density at radius 3 is 1.70 bits per heavy atom. The van der Waals surface area contributed by atoms with Crippen LogP contribution in [0.5, 0.6) is 0 Å². The molecule has 0 aliphatic rings. The minimum absolute atomic E-state index is 0.485. The van der Waals surface area contributed by atoms with Gasteiger partial charge in [-0.2, -0.15) is 0 Å². The number of ether oxygens (including phenoxy) is 2. The third kappa shape index (κ3) is 5.51. The lowest BCUT2D eigenvalue weighted by atomic mass is 10.8. The van der Waals surface area contributed by atoms with Gasteiger partial charge < -0.3 is 9.47 Å². The van der Waals surface area contributed by atoms with Crippen LogP contribution in [0.15, 0.2) is 0 Å². The van der Waals surface area contributed by atoms with Gasteiger partial charge in [0, 0.05) is 13.8 Å². The summed E-state index contributed by atoms with van der Waals surface area (Å²) in [6.07, 6.45) is 0. The Morgan fingerprint density at radius 2 is 1.50 bits per heavy atom. The summed E-state index contributed by atoms with van der Waals surface area (Å²) in [5.74, 6) is -0.970. The molecule has 58 valence electrons. The minimum atomic E-state index is -0.866. The summed E-state index contributed by atoms with van der Waals surface area (Å²) in [7, 11) is 2.06. The maximum absolute atomic E-state index is 10.2. The number of esters is 2. The maximum atomic E-state index is 10.2. The van der Waals surface area contributed by atoms with Crippen LogP contribution in [0, 0.1) is 0 Å². The van der Waals surface area contributed by atoms with Crippen molar-refractivity contribution in [2.75, 3.05) is 0 Å². The van der Waals surface area contributed by atoms with E-state index in [-0.39, 0.29) is 0 Å². The van der Waals surface area contributed by atoms with Gasteiger partial charge in [0.25, 0.3) is 6.03 Å². The highest BCUT2D eigenvalue weighted by Crippen LogP contribution is 2.03.